The Morgan fingerprint density at radius 3 is 2.45 bits per heavy atom. The minimum Gasteiger partial charge on any atom is -0.494 e. The number of carbonyl (C=O) groups is 1. The van der Waals surface area contributed by atoms with Gasteiger partial charge in [-0.3, -0.25) is 10.2 Å². The van der Waals surface area contributed by atoms with E-state index in [0.29, 0.717) is 29.9 Å². The summed E-state index contributed by atoms with van der Waals surface area (Å²) in [5, 5.41) is 9.03. The van der Waals surface area contributed by atoms with Gasteiger partial charge in [0, 0.05) is 57.7 Å². The molecule has 228 valence electrons. The number of hydrazine groups is 1. The van der Waals surface area contributed by atoms with E-state index >= 15 is 0 Å². The fraction of sp³-hybridized carbons (Fsp3) is 0.212. The third kappa shape index (κ3) is 7.35. The van der Waals surface area contributed by atoms with Gasteiger partial charge in [-0.05, 0) is 54.1 Å². The van der Waals surface area contributed by atoms with Crippen molar-refractivity contribution in [2.75, 3.05) is 13.2 Å². The molecule has 1 heterocycles. The van der Waals surface area contributed by atoms with Crippen molar-refractivity contribution < 1.29 is 28.2 Å². The maximum atomic E-state index is 14.3. The lowest BCUT2D eigenvalue weighted by molar-refractivity contribution is -0.130. The van der Waals surface area contributed by atoms with Crippen LogP contribution >= 0.6 is 31.9 Å². The fourth-order valence-electron chi connectivity index (χ4n) is 4.85. The van der Waals surface area contributed by atoms with Crippen LogP contribution in [0.25, 0.3) is 0 Å². The lowest BCUT2D eigenvalue weighted by atomic mass is 9.82. The van der Waals surface area contributed by atoms with Gasteiger partial charge in [-0.15, -0.1) is 0 Å². The molecular weight excluding hydrogens is 700 g/mol. The average Bonchev–Trinajstić information content (AvgIpc) is 3.40. The maximum absolute atomic E-state index is 14.3. The van der Waals surface area contributed by atoms with Crippen molar-refractivity contribution in [2.24, 2.45) is 4.99 Å². The normalized spacial score (nSPS) is 17.6. The molecule has 1 aliphatic rings. The highest BCUT2D eigenvalue weighted by molar-refractivity contribution is 9.10. The zero-order valence-corrected chi connectivity index (χ0v) is 26.6. The smallest absolute Gasteiger partial charge is 0.266 e. The molecular formula is C33H29Br2F2N3O4. The topological polar surface area (TPSA) is 92.2 Å². The van der Waals surface area contributed by atoms with E-state index < -0.39 is 29.2 Å². The second-order valence-corrected chi connectivity index (χ2v) is 11.9. The van der Waals surface area contributed by atoms with Crippen LogP contribution in [0.5, 0.6) is 5.75 Å². The first-order valence-corrected chi connectivity index (χ1v) is 15.4. The summed E-state index contributed by atoms with van der Waals surface area (Å²) in [5.74, 6) is -1.02. The van der Waals surface area contributed by atoms with Gasteiger partial charge in [0.15, 0.2) is 11.6 Å². The summed E-state index contributed by atoms with van der Waals surface area (Å²) >= 11 is 7.09. The molecule has 0 spiro atoms. The van der Waals surface area contributed by atoms with Crippen molar-refractivity contribution in [2.45, 2.75) is 31.0 Å². The number of aliphatic imine (C=N–C) groups is 1. The van der Waals surface area contributed by atoms with Crippen LogP contribution in [0.2, 0.25) is 0 Å². The molecule has 0 aromatic heterocycles. The number of carbonyl (C=O) groups excluding carboxylic acids is 1. The standard InChI is InChI=1S/C33H29Br2F2N3O4/c34-24-11-6-21(7-12-24)19-33(32(42)40-38-20-23-8-13-25(36)18-29(23)37)30(27-4-1-2-5-28(27)35)44-31(39-33)22-9-14-26(15-10-22)43-17-3-16-41/h1-2,4-15,18,30,38,41H,3,16-17,19-20H2,(H,40,42)/t30-,33-/m0/s1. The molecule has 5 rings (SSSR count). The van der Waals surface area contributed by atoms with Crippen LogP contribution in [-0.4, -0.2) is 35.7 Å². The minimum absolute atomic E-state index is 0.0371. The number of nitrogens with one attached hydrogen (secondary N) is 2. The lowest BCUT2D eigenvalue weighted by Crippen LogP contribution is -2.53. The van der Waals surface area contributed by atoms with Crippen molar-refractivity contribution in [3.8, 4) is 5.75 Å². The highest BCUT2D eigenvalue weighted by Gasteiger charge is 2.54. The summed E-state index contributed by atoms with van der Waals surface area (Å²) in [4.78, 5) is 19.2. The van der Waals surface area contributed by atoms with Gasteiger partial charge >= 0.3 is 0 Å². The van der Waals surface area contributed by atoms with E-state index in [1.165, 1.54) is 6.07 Å². The molecule has 11 heteroatoms. The molecule has 0 bridgehead atoms. The van der Waals surface area contributed by atoms with E-state index in [9.17, 15) is 13.6 Å². The van der Waals surface area contributed by atoms with Crippen LogP contribution in [0.3, 0.4) is 0 Å². The minimum atomic E-state index is -1.49. The predicted molar refractivity (Wildman–Crippen MR) is 170 cm³/mol. The number of ether oxygens (including phenoxy) is 2. The summed E-state index contributed by atoms with van der Waals surface area (Å²) in [6, 6.07) is 25.5. The number of benzene rings is 4. The van der Waals surface area contributed by atoms with Gasteiger partial charge in [-0.2, -0.15) is 0 Å². The zero-order chi connectivity index (χ0) is 31.1. The lowest BCUT2D eigenvalue weighted by Gasteiger charge is -2.31. The van der Waals surface area contributed by atoms with E-state index in [-0.39, 0.29) is 31.0 Å². The van der Waals surface area contributed by atoms with Crippen molar-refractivity contribution >= 4 is 43.7 Å². The van der Waals surface area contributed by atoms with E-state index in [2.05, 4.69) is 42.7 Å². The third-order valence-electron chi connectivity index (χ3n) is 7.10. The molecule has 1 amide bonds. The van der Waals surface area contributed by atoms with E-state index in [1.54, 1.807) is 24.3 Å². The molecule has 0 saturated carbocycles. The van der Waals surface area contributed by atoms with Gasteiger partial charge in [-0.25, -0.2) is 19.2 Å². The van der Waals surface area contributed by atoms with Crippen molar-refractivity contribution in [3.63, 3.8) is 0 Å². The second kappa shape index (κ2) is 14.4. The summed E-state index contributed by atoms with van der Waals surface area (Å²) in [6.07, 6.45) is -0.154. The van der Waals surface area contributed by atoms with Crippen LogP contribution in [0.1, 0.15) is 34.8 Å². The Bertz CT molecular complexity index is 1640. The van der Waals surface area contributed by atoms with Crippen molar-refractivity contribution in [1.82, 2.24) is 10.9 Å². The Morgan fingerprint density at radius 2 is 1.75 bits per heavy atom. The average molecular weight is 729 g/mol. The molecule has 4 aromatic rings. The largest absolute Gasteiger partial charge is 0.494 e. The monoisotopic (exact) mass is 727 g/mol. The molecule has 0 unspecified atom stereocenters. The van der Waals surface area contributed by atoms with E-state index in [0.717, 1.165) is 26.6 Å². The molecule has 0 saturated heterocycles. The highest BCUT2D eigenvalue weighted by atomic mass is 79.9. The van der Waals surface area contributed by atoms with E-state index in [4.69, 9.17) is 19.6 Å². The first-order valence-electron chi connectivity index (χ1n) is 13.9. The number of amides is 1. The number of aliphatic hydroxyl groups is 1. The SMILES string of the molecule is O=C(NNCc1ccc(F)cc1F)[C@@]1(Cc2ccc(Br)cc2)N=C(c2ccc(OCCCO)cc2)O[C@H]1c1ccccc1Br. The summed E-state index contributed by atoms with van der Waals surface area (Å²) in [6.45, 7) is 0.332. The molecule has 0 aliphatic carbocycles. The summed E-state index contributed by atoms with van der Waals surface area (Å²) in [7, 11) is 0. The molecule has 7 nitrogen and oxygen atoms in total. The quantitative estimate of drug-likeness (QED) is 0.113. The Hall–Kier alpha value is -3.64. The number of aliphatic hydroxyl groups excluding tert-OH is 1. The molecule has 2 atom stereocenters. The predicted octanol–water partition coefficient (Wildman–Crippen LogP) is 6.57. The number of hydrogen-bond donors (Lipinski definition) is 3. The molecule has 0 radical (unpaired) electrons. The first-order chi connectivity index (χ1) is 21.3. The van der Waals surface area contributed by atoms with Crippen LogP contribution in [0.15, 0.2) is 105 Å². The third-order valence-corrected chi connectivity index (χ3v) is 8.35. The highest BCUT2D eigenvalue weighted by Crippen LogP contribution is 2.44. The first kappa shape index (κ1) is 31.8. The zero-order valence-electron chi connectivity index (χ0n) is 23.4. The van der Waals surface area contributed by atoms with E-state index in [1.807, 2.05) is 48.5 Å². The Balaban J connectivity index is 1.52. The van der Waals surface area contributed by atoms with Crippen molar-refractivity contribution in [1.29, 1.82) is 0 Å². The molecule has 3 N–H and O–H groups in total. The van der Waals surface area contributed by atoms with Crippen LogP contribution < -0.4 is 15.6 Å². The van der Waals surface area contributed by atoms with Crippen LogP contribution in [-0.2, 0) is 22.5 Å². The molecule has 44 heavy (non-hydrogen) atoms. The van der Waals surface area contributed by atoms with Crippen molar-refractivity contribution in [3.05, 3.63) is 134 Å². The number of hydrogen-bond acceptors (Lipinski definition) is 6. The number of rotatable bonds is 12. The number of nitrogens with zero attached hydrogens (tertiary/aromatic N) is 1. The van der Waals surface area contributed by atoms with Gasteiger partial charge < -0.3 is 14.6 Å². The van der Waals surface area contributed by atoms with Crippen LogP contribution in [0.4, 0.5) is 8.78 Å². The van der Waals surface area contributed by atoms with Gasteiger partial charge in [-0.1, -0.05) is 68.3 Å². The summed E-state index contributed by atoms with van der Waals surface area (Å²) < 4.78 is 41.5. The number of halogens is 4. The van der Waals surface area contributed by atoms with Gasteiger partial charge in [0.05, 0.1) is 6.61 Å². The van der Waals surface area contributed by atoms with Gasteiger partial charge in [0.25, 0.3) is 5.91 Å². The molecule has 4 aromatic carbocycles. The van der Waals surface area contributed by atoms with Crippen LogP contribution in [0, 0.1) is 11.6 Å². The Labute approximate surface area is 270 Å². The maximum Gasteiger partial charge on any atom is 0.266 e. The fourth-order valence-corrected chi connectivity index (χ4v) is 5.61. The molecule has 1 aliphatic heterocycles. The summed E-state index contributed by atoms with van der Waals surface area (Å²) in [5.41, 5.74) is 6.40. The Morgan fingerprint density at radius 1 is 1.00 bits per heavy atom. The second-order valence-electron chi connectivity index (χ2n) is 10.2. The van der Waals surface area contributed by atoms with Gasteiger partial charge in [0.2, 0.25) is 5.90 Å². The Kier molecular flexibility index (Phi) is 10.4. The molecule has 0 fully saturated rings. The van der Waals surface area contributed by atoms with Gasteiger partial charge in [0.1, 0.15) is 17.4 Å².